The summed E-state index contributed by atoms with van der Waals surface area (Å²) in [6.45, 7) is 3.37. The molecule has 1 spiro atoms. The number of fused-ring (bicyclic) bond motifs is 6. The number of carbonyl (C=O) groups is 2. The molecule has 3 atom stereocenters. The van der Waals surface area contributed by atoms with Crippen LogP contribution in [0.4, 0.5) is 10.5 Å². The first kappa shape index (κ1) is 22.0. The first-order valence-electron chi connectivity index (χ1n) is 13.4. The van der Waals surface area contributed by atoms with Gasteiger partial charge in [0.2, 0.25) is 0 Å². The minimum atomic E-state index is -0.496. The molecular weight excluding hydrogens is 464 g/mol. The highest BCUT2D eigenvalue weighted by Gasteiger charge is 2.45. The summed E-state index contributed by atoms with van der Waals surface area (Å²) in [5.41, 5.74) is 1.70. The van der Waals surface area contributed by atoms with E-state index in [-0.39, 0.29) is 11.9 Å². The Morgan fingerprint density at radius 3 is 2.57 bits per heavy atom. The first-order chi connectivity index (χ1) is 17.0. The average molecular weight is 497 g/mol. The van der Waals surface area contributed by atoms with Gasteiger partial charge in [-0.3, -0.25) is 9.69 Å². The second-order valence-electron chi connectivity index (χ2n) is 11.4. The maximum Gasteiger partial charge on any atom is 0.319 e. The third-order valence-electron chi connectivity index (χ3n) is 9.52. The van der Waals surface area contributed by atoms with E-state index in [1.54, 1.807) is 0 Å². The zero-order chi connectivity index (χ0) is 23.7. The van der Waals surface area contributed by atoms with Gasteiger partial charge in [-0.1, -0.05) is 37.3 Å². The van der Waals surface area contributed by atoms with Gasteiger partial charge in [0.05, 0.1) is 16.2 Å². The molecule has 1 saturated heterocycles. The molecule has 3 heterocycles. The second kappa shape index (κ2) is 8.13. The van der Waals surface area contributed by atoms with Crippen molar-refractivity contribution in [2.75, 3.05) is 31.5 Å². The molecule has 7 nitrogen and oxygen atoms in total. The monoisotopic (exact) mass is 496 g/mol. The number of amides is 3. The van der Waals surface area contributed by atoms with E-state index in [4.69, 9.17) is 16.0 Å². The lowest BCUT2D eigenvalue weighted by Gasteiger charge is -2.42. The van der Waals surface area contributed by atoms with Gasteiger partial charge < -0.3 is 20.0 Å². The summed E-state index contributed by atoms with van der Waals surface area (Å²) in [7, 11) is 0. The zero-order valence-corrected chi connectivity index (χ0v) is 20.8. The summed E-state index contributed by atoms with van der Waals surface area (Å²) < 4.78 is 6.31. The Balaban J connectivity index is 1.16. The third kappa shape index (κ3) is 3.49. The third-order valence-corrected chi connectivity index (χ3v) is 9.82. The molecule has 7 rings (SSSR count). The maximum absolute atomic E-state index is 13.5. The lowest BCUT2D eigenvalue weighted by Crippen LogP contribution is -2.53. The summed E-state index contributed by atoms with van der Waals surface area (Å²) in [6.07, 6.45) is 10.5. The molecule has 5 aliphatic rings. The average Bonchev–Trinajstić information content (AvgIpc) is 3.60. The number of urea groups is 1. The summed E-state index contributed by atoms with van der Waals surface area (Å²) in [6, 6.07) is 4.14. The van der Waals surface area contributed by atoms with Crippen LogP contribution in [0.15, 0.2) is 16.5 Å². The molecule has 3 aliphatic carbocycles. The molecule has 1 aromatic carbocycles. The molecule has 4 fully saturated rings. The smallest absolute Gasteiger partial charge is 0.319 e. The van der Waals surface area contributed by atoms with Crippen molar-refractivity contribution in [2.24, 2.45) is 11.8 Å². The number of hydrogen-bond donors (Lipinski definition) is 2. The molecule has 3 amide bonds. The van der Waals surface area contributed by atoms with Gasteiger partial charge >= 0.3 is 6.03 Å². The molecule has 3 saturated carbocycles. The topological polar surface area (TPSA) is 77.8 Å². The van der Waals surface area contributed by atoms with Gasteiger partial charge in [0.1, 0.15) is 5.58 Å². The highest BCUT2D eigenvalue weighted by atomic mass is 35.5. The Bertz CT molecular complexity index is 1190. The second-order valence-corrected chi connectivity index (χ2v) is 11.8. The minimum Gasteiger partial charge on any atom is -0.450 e. The van der Waals surface area contributed by atoms with Crippen LogP contribution in [-0.4, -0.2) is 54.0 Å². The van der Waals surface area contributed by atoms with Crippen molar-refractivity contribution in [3.8, 4) is 0 Å². The summed E-state index contributed by atoms with van der Waals surface area (Å²) in [5.74, 6) is 2.12. The van der Waals surface area contributed by atoms with Crippen molar-refractivity contribution in [1.82, 2.24) is 15.1 Å². The van der Waals surface area contributed by atoms with E-state index in [0.717, 1.165) is 87.1 Å². The van der Waals surface area contributed by atoms with E-state index in [9.17, 15) is 9.59 Å². The Morgan fingerprint density at radius 1 is 1.06 bits per heavy atom. The summed E-state index contributed by atoms with van der Waals surface area (Å²) in [5, 5.41) is 7.39. The number of piperazine rings is 1. The molecule has 186 valence electrons. The van der Waals surface area contributed by atoms with Crippen molar-refractivity contribution in [2.45, 2.75) is 69.4 Å². The van der Waals surface area contributed by atoms with E-state index in [1.807, 2.05) is 17.0 Å². The van der Waals surface area contributed by atoms with Crippen LogP contribution in [-0.2, 0) is 5.54 Å². The number of nitrogens with zero attached hydrogens (tertiary/aromatic N) is 2. The number of furan rings is 1. The van der Waals surface area contributed by atoms with Gasteiger partial charge in [0, 0.05) is 43.2 Å². The standard InChI is InChI=1S/C27H33ClN4O3/c28-19-14-18-15-21(25(33)32-10-8-31(9-11-32)20-13-16-4-5-17(20)12-16)35-24(18)22-23(19)29-26(34)30-27(22)6-2-1-3-7-27/h14-17,20H,1-13H2,(H2,29,30,34). The Labute approximate surface area is 210 Å². The van der Waals surface area contributed by atoms with Gasteiger partial charge in [0.25, 0.3) is 5.91 Å². The van der Waals surface area contributed by atoms with Crippen molar-refractivity contribution in [3.05, 3.63) is 28.5 Å². The van der Waals surface area contributed by atoms with Crippen molar-refractivity contribution in [1.29, 1.82) is 0 Å². The highest BCUT2D eigenvalue weighted by molar-refractivity contribution is 6.35. The van der Waals surface area contributed by atoms with Crippen LogP contribution in [0.5, 0.6) is 0 Å². The van der Waals surface area contributed by atoms with Crippen LogP contribution in [0, 0.1) is 11.8 Å². The SMILES string of the molecule is O=C1Nc2c(Cl)cc3cc(C(=O)N4CCN(C5CC6CCC5C6)CC4)oc3c2C2(CCCCC2)N1. The largest absolute Gasteiger partial charge is 0.450 e. The fourth-order valence-electron chi connectivity index (χ4n) is 7.86. The molecule has 2 N–H and O–H groups in total. The number of carbonyl (C=O) groups excluding carboxylic acids is 2. The van der Waals surface area contributed by atoms with Crippen molar-refractivity contribution >= 4 is 40.2 Å². The van der Waals surface area contributed by atoms with E-state index < -0.39 is 5.54 Å². The number of benzene rings is 1. The lowest BCUT2D eigenvalue weighted by molar-refractivity contribution is 0.0473. The first-order valence-corrected chi connectivity index (χ1v) is 13.8. The number of nitrogens with one attached hydrogen (secondary N) is 2. The van der Waals surface area contributed by atoms with Crippen LogP contribution in [0.25, 0.3) is 11.0 Å². The quantitative estimate of drug-likeness (QED) is 0.589. The molecule has 2 aromatic rings. The fourth-order valence-corrected chi connectivity index (χ4v) is 8.12. The van der Waals surface area contributed by atoms with Gasteiger partial charge in [-0.05, 0) is 56.1 Å². The number of anilines is 1. The lowest BCUT2D eigenvalue weighted by atomic mass is 9.74. The van der Waals surface area contributed by atoms with Crippen LogP contribution >= 0.6 is 11.6 Å². The summed E-state index contributed by atoms with van der Waals surface area (Å²) >= 11 is 6.65. The van der Waals surface area contributed by atoms with Crippen LogP contribution in [0.2, 0.25) is 5.02 Å². The molecule has 1 aromatic heterocycles. The van der Waals surface area contributed by atoms with E-state index in [0.29, 0.717) is 22.1 Å². The number of halogens is 1. The molecule has 2 aliphatic heterocycles. The van der Waals surface area contributed by atoms with Crippen molar-refractivity contribution in [3.63, 3.8) is 0 Å². The van der Waals surface area contributed by atoms with Crippen molar-refractivity contribution < 1.29 is 14.0 Å². The molecular formula is C27H33ClN4O3. The van der Waals surface area contributed by atoms with Crippen LogP contribution in [0.1, 0.15) is 73.9 Å². The molecule has 8 heteroatoms. The maximum atomic E-state index is 13.5. The van der Waals surface area contributed by atoms with Gasteiger partial charge in [-0.25, -0.2) is 4.79 Å². The molecule has 3 unspecified atom stereocenters. The molecule has 0 radical (unpaired) electrons. The van der Waals surface area contributed by atoms with E-state index in [1.165, 1.54) is 25.7 Å². The number of rotatable bonds is 2. The fraction of sp³-hybridized carbons (Fsp3) is 0.630. The predicted octanol–water partition coefficient (Wildman–Crippen LogP) is 5.33. The van der Waals surface area contributed by atoms with Crippen LogP contribution < -0.4 is 10.6 Å². The zero-order valence-electron chi connectivity index (χ0n) is 20.1. The summed E-state index contributed by atoms with van der Waals surface area (Å²) in [4.78, 5) is 30.6. The van der Waals surface area contributed by atoms with Gasteiger partial charge in [-0.2, -0.15) is 0 Å². The Kier molecular flexibility index (Phi) is 5.11. The Hall–Kier alpha value is -2.25. The molecule has 2 bridgehead atoms. The normalized spacial score (nSPS) is 29.9. The molecule has 35 heavy (non-hydrogen) atoms. The minimum absolute atomic E-state index is 0.0517. The number of hydrogen-bond acceptors (Lipinski definition) is 4. The highest BCUT2D eigenvalue weighted by Crippen LogP contribution is 2.49. The van der Waals surface area contributed by atoms with Crippen LogP contribution in [0.3, 0.4) is 0 Å². The van der Waals surface area contributed by atoms with E-state index >= 15 is 0 Å². The van der Waals surface area contributed by atoms with Gasteiger partial charge in [0.15, 0.2) is 5.76 Å². The van der Waals surface area contributed by atoms with Gasteiger partial charge in [-0.15, -0.1) is 0 Å². The predicted molar refractivity (Wildman–Crippen MR) is 135 cm³/mol. The Morgan fingerprint density at radius 2 is 1.86 bits per heavy atom. The van der Waals surface area contributed by atoms with E-state index in [2.05, 4.69) is 15.5 Å².